The van der Waals surface area contributed by atoms with E-state index in [4.69, 9.17) is 32.7 Å². The molecule has 140 valence electrons. The van der Waals surface area contributed by atoms with Crippen molar-refractivity contribution in [2.45, 2.75) is 37.7 Å². The second kappa shape index (κ2) is 7.43. The largest absolute Gasteiger partial charge is 0.478 e. The Bertz CT molecular complexity index is 743. The zero-order chi connectivity index (χ0) is 18.3. The fourth-order valence-corrected chi connectivity index (χ4v) is 4.28. The van der Waals surface area contributed by atoms with Gasteiger partial charge in [-0.15, -0.1) is 23.2 Å². The molecule has 4 rings (SSSR count). The first-order valence-corrected chi connectivity index (χ1v) is 9.94. The van der Waals surface area contributed by atoms with Crippen molar-refractivity contribution in [1.82, 2.24) is 9.80 Å². The van der Waals surface area contributed by atoms with E-state index in [0.29, 0.717) is 13.5 Å². The molecule has 2 atom stereocenters. The molecule has 2 aromatic carbocycles. The molecule has 0 saturated heterocycles. The number of fused-ring (bicyclic) bond motifs is 5. The summed E-state index contributed by atoms with van der Waals surface area (Å²) in [7, 11) is 0. The predicted molar refractivity (Wildman–Crippen MR) is 106 cm³/mol. The Kier molecular flexibility index (Phi) is 5.20. The van der Waals surface area contributed by atoms with Crippen LogP contribution in [0.3, 0.4) is 0 Å². The highest BCUT2D eigenvalue weighted by atomic mass is 35.5. The zero-order valence-electron chi connectivity index (χ0n) is 15.2. The van der Waals surface area contributed by atoms with Gasteiger partial charge in [-0.1, -0.05) is 12.1 Å². The van der Waals surface area contributed by atoms with E-state index >= 15 is 0 Å². The molecule has 0 spiro atoms. The maximum absolute atomic E-state index is 6.18. The highest BCUT2D eigenvalue weighted by molar-refractivity contribution is 6.20. The van der Waals surface area contributed by atoms with E-state index in [9.17, 15) is 0 Å². The van der Waals surface area contributed by atoms with Crippen LogP contribution in [0.4, 0.5) is 0 Å². The van der Waals surface area contributed by atoms with Gasteiger partial charge in [-0.05, 0) is 36.8 Å². The van der Waals surface area contributed by atoms with Crippen molar-refractivity contribution in [1.29, 1.82) is 0 Å². The quantitative estimate of drug-likeness (QED) is 0.717. The molecule has 4 nitrogen and oxygen atoms in total. The van der Waals surface area contributed by atoms with Crippen LogP contribution >= 0.6 is 23.2 Å². The molecule has 2 aliphatic heterocycles. The average Bonchev–Trinajstić information content (AvgIpc) is 2.60. The number of hydrogen-bond donors (Lipinski definition) is 0. The van der Waals surface area contributed by atoms with E-state index in [1.54, 1.807) is 0 Å². The molecule has 2 aromatic rings. The van der Waals surface area contributed by atoms with Gasteiger partial charge >= 0.3 is 0 Å². The molecule has 0 amide bonds. The van der Waals surface area contributed by atoms with Crippen molar-refractivity contribution >= 4 is 34.0 Å². The van der Waals surface area contributed by atoms with Gasteiger partial charge < -0.3 is 9.47 Å². The molecule has 2 unspecified atom stereocenters. The van der Waals surface area contributed by atoms with Crippen LogP contribution in [0.15, 0.2) is 24.3 Å². The predicted octanol–water partition coefficient (Wildman–Crippen LogP) is 4.40. The van der Waals surface area contributed by atoms with E-state index in [-0.39, 0.29) is 10.8 Å². The minimum absolute atomic E-state index is 0.0994. The van der Waals surface area contributed by atoms with E-state index in [1.807, 2.05) is 13.8 Å². The number of hydrogen-bond acceptors (Lipinski definition) is 4. The topological polar surface area (TPSA) is 24.9 Å². The van der Waals surface area contributed by atoms with Crippen LogP contribution in [0.1, 0.15) is 25.0 Å². The summed E-state index contributed by atoms with van der Waals surface area (Å²) in [5, 5.41) is 2.67. The van der Waals surface area contributed by atoms with Crippen molar-refractivity contribution in [3.63, 3.8) is 0 Å². The van der Waals surface area contributed by atoms with Crippen molar-refractivity contribution in [3.8, 4) is 11.5 Å². The smallest absolute Gasteiger partial charge is 0.142 e. The van der Waals surface area contributed by atoms with Crippen molar-refractivity contribution in [3.05, 3.63) is 35.4 Å². The van der Waals surface area contributed by atoms with Crippen LogP contribution in [0.2, 0.25) is 0 Å². The van der Waals surface area contributed by atoms with Crippen molar-refractivity contribution in [2.75, 3.05) is 26.6 Å². The van der Waals surface area contributed by atoms with E-state index < -0.39 is 0 Å². The lowest BCUT2D eigenvalue weighted by molar-refractivity contribution is 0.0961. The van der Waals surface area contributed by atoms with Crippen LogP contribution in [0.25, 0.3) is 10.8 Å². The van der Waals surface area contributed by atoms with Crippen LogP contribution in [0.5, 0.6) is 11.5 Å². The lowest BCUT2D eigenvalue weighted by Gasteiger charge is -2.33. The number of benzene rings is 2. The van der Waals surface area contributed by atoms with Gasteiger partial charge in [-0.25, -0.2) is 0 Å². The number of ether oxygens (including phenoxy) is 2. The summed E-state index contributed by atoms with van der Waals surface area (Å²) >= 11 is 12.4. The highest BCUT2D eigenvalue weighted by Gasteiger charge is 2.25. The molecule has 0 aromatic heterocycles. The first-order valence-electron chi connectivity index (χ1n) is 9.07. The van der Waals surface area contributed by atoms with Crippen LogP contribution in [-0.4, -0.2) is 47.1 Å². The van der Waals surface area contributed by atoms with E-state index in [2.05, 4.69) is 34.1 Å². The molecule has 0 fully saturated rings. The molecule has 6 heteroatoms. The summed E-state index contributed by atoms with van der Waals surface area (Å²) in [5.74, 6) is 1.94. The van der Waals surface area contributed by atoms with Crippen LogP contribution in [0, 0.1) is 0 Å². The highest BCUT2D eigenvalue weighted by Crippen LogP contribution is 2.38. The normalized spacial score (nSPS) is 20.0. The first-order chi connectivity index (χ1) is 12.5. The van der Waals surface area contributed by atoms with Gasteiger partial charge in [0.15, 0.2) is 0 Å². The Morgan fingerprint density at radius 1 is 0.808 bits per heavy atom. The second-order valence-corrected chi connectivity index (χ2v) is 8.80. The minimum atomic E-state index is 0.0994. The fraction of sp³-hybridized carbons (Fsp3) is 0.500. The number of rotatable bonds is 4. The van der Waals surface area contributed by atoms with Gasteiger partial charge in [0.25, 0.3) is 0 Å². The Morgan fingerprint density at radius 3 is 1.62 bits per heavy atom. The summed E-state index contributed by atoms with van der Waals surface area (Å²) in [4.78, 5) is 4.49. The van der Waals surface area contributed by atoms with Crippen molar-refractivity contribution < 1.29 is 9.47 Å². The number of halogens is 2. The monoisotopic (exact) mass is 394 g/mol. The second-order valence-electron chi connectivity index (χ2n) is 7.31. The summed E-state index contributed by atoms with van der Waals surface area (Å²) in [6.07, 6.45) is 0. The van der Waals surface area contributed by atoms with Gasteiger partial charge in [0.1, 0.15) is 25.0 Å². The number of nitrogens with zero attached hydrogens (tertiary/aromatic N) is 2. The summed E-state index contributed by atoms with van der Waals surface area (Å²) in [6.45, 7) is 8.54. The molecule has 0 bridgehead atoms. The average molecular weight is 395 g/mol. The maximum Gasteiger partial charge on any atom is 0.142 e. The molecule has 0 saturated carbocycles. The Labute approximate surface area is 164 Å². The third kappa shape index (κ3) is 3.61. The Morgan fingerprint density at radius 2 is 1.23 bits per heavy atom. The Balaban J connectivity index is 1.70. The van der Waals surface area contributed by atoms with Crippen LogP contribution < -0.4 is 9.47 Å². The third-order valence-electron chi connectivity index (χ3n) is 4.93. The lowest BCUT2D eigenvalue weighted by Crippen LogP contribution is -2.36. The molecule has 0 N–H and O–H groups in total. The third-order valence-corrected chi connectivity index (χ3v) is 5.20. The summed E-state index contributed by atoms with van der Waals surface area (Å²) < 4.78 is 11.9. The first kappa shape index (κ1) is 18.2. The number of alkyl halides is 2. The molecular formula is C20H24Cl2N2O2. The standard InChI is InChI=1S/C20H24Cl2N2O2/c1-13(21)7-23-9-17-15-3-6-20-18(10-24(12-26-20)8-14(2)22)16(15)4-5-19(17)25-11-23/h3-6,13-14H,7-12H2,1-2H3. The van der Waals surface area contributed by atoms with E-state index in [1.165, 1.54) is 21.9 Å². The molecule has 2 heterocycles. The maximum atomic E-state index is 6.18. The SMILES string of the molecule is CC(Cl)CN1COc2ccc3c4c(ccc3c2C1)OCN(CC(C)Cl)C4. The zero-order valence-corrected chi connectivity index (χ0v) is 16.7. The molecular weight excluding hydrogens is 371 g/mol. The molecule has 2 aliphatic rings. The molecule has 0 aliphatic carbocycles. The Hall–Kier alpha value is -1.20. The summed E-state index contributed by atoms with van der Waals surface area (Å²) in [5.41, 5.74) is 2.47. The molecule has 0 radical (unpaired) electrons. The van der Waals surface area contributed by atoms with E-state index in [0.717, 1.165) is 37.7 Å². The van der Waals surface area contributed by atoms with Gasteiger partial charge in [0, 0.05) is 48.1 Å². The van der Waals surface area contributed by atoms with Gasteiger partial charge in [0.2, 0.25) is 0 Å². The molecule has 26 heavy (non-hydrogen) atoms. The summed E-state index contributed by atoms with van der Waals surface area (Å²) in [6, 6.07) is 8.48. The minimum Gasteiger partial charge on any atom is -0.478 e. The van der Waals surface area contributed by atoms with Gasteiger partial charge in [0.05, 0.1) is 0 Å². The van der Waals surface area contributed by atoms with Gasteiger partial charge in [-0.3, -0.25) is 9.80 Å². The lowest BCUT2D eigenvalue weighted by atomic mass is 9.96. The van der Waals surface area contributed by atoms with Crippen LogP contribution in [-0.2, 0) is 13.1 Å². The fourth-order valence-electron chi connectivity index (χ4n) is 3.89. The van der Waals surface area contributed by atoms with Crippen molar-refractivity contribution in [2.24, 2.45) is 0 Å². The van der Waals surface area contributed by atoms with Gasteiger partial charge in [-0.2, -0.15) is 0 Å².